The first-order valence-corrected chi connectivity index (χ1v) is 16.5. The van der Waals surface area contributed by atoms with Crippen molar-refractivity contribution in [3.05, 3.63) is 89.7 Å². The number of benzene rings is 2. The van der Waals surface area contributed by atoms with Crippen molar-refractivity contribution >= 4 is 11.6 Å². The van der Waals surface area contributed by atoms with Crippen LogP contribution in [-0.4, -0.2) is 12.5 Å². The fourth-order valence-electron chi connectivity index (χ4n) is 5.49. The van der Waals surface area contributed by atoms with Crippen LogP contribution in [0.2, 0.25) is 0 Å². The molecule has 0 aliphatic rings. The van der Waals surface area contributed by atoms with E-state index in [1.54, 1.807) is 0 Å². The van der Waals surface area contributed by atoms with Crippen LogP contribution in [0.3, 0.4) is 0 Å². The lowest BCUT2D eigenvalue weighted by Gasteiger charge is -2.25. The summed E-state index contributed by atoms with van der Waals surface area (Å²) in [5.41, 5.74) is 3.97. The van der Waals surface area contributed by atoms with Crippen LogP contribution in [0, 0.1) is 0 Å². The third-order valence-electron chi connectivity index (χ3n) is 7.92. The average molecular weight is 572 g/mol. The molecule has 0 saturated heterocycles. The molecule has 0 radical (unpaired) electrons. The van der Waals surface area contributed by atoms with Gasteiger partial charge in [0.15, 0.2) is 18.9 Å². The van der Waals surface area contributed by atoms with Gasteiger partial charge < -0.3 is 10.1 Å². The summed E-state index contributed by atoms with van der Waals surface area (Å²) in [4.78, 5) is 13.3. The second-order valence-electron chi connectivity index (χ2n) is 12.7. The number of amides is 1. The summed E-state index contributed by atoms with van der Waals surface area (Å²) in [5.74, 6) is 0.859. The fraction of sp³-hybridized carbons (Fsp3) is 0.526. The summed E-state index contributed by atoms with van der Waals surface area (Å²) in [7, 11) is 0. The zero-order valence-electron chi connectivity index (χ0n) is 26.8. The molecule has 0 aliphatic heterocycles. The summed E-state index contributed by atoms with van der Waals surface area (Å²) in [6.07, 6.45) is 20.3. The van der Waals surface area contributed by atoms with Gasteiger partial charge in [-0.25, -0.2) is 4.57 Å². The number of hydrogen-bond acceptors (Lipinski definition) is 2. The number of nitrogens with one attached hydrogen (secondary N) is 1. The van der Waals surface area contributed by atoms with E-state index in [2.05, 4.69) is 55.8 Å². The van der Waals surface area contributed by atoms with Gasteiger partial charge in [-0.1, -0.05) is 141 Å². The van der Waals surface area contributed by atoms with Gasteiger partial charge in [0.25, 0.3) is 0 Å². The number of carbonyl (C=O) groups excluding carboxylic acids is 1. The third kappa shape index (κ3) is 12.0. The van der Waals surface area contributed by atoms with E-state index in [4.69, 9.17) is 4.74 Å². The van der Waals surface area contributed by atoms with Crippen molar-refractivity contribution in [2.24, 2.45) is 0 Å². The molecule has 0 aliphatic carbocycles. The molecule has 0 fully saturated rings. The van der Waals surface area contributed by atoms with Crippen LogP contribution in [0.5, 0.6) is 5.75 Å². The summed E-state index contributed by atoms with van der Waals surface area (Å²) in [6.45, 7) is 10.3. The smallest absolute Gasteiger partial charge is 0.228 e. The number of para-hydroxylation sites is 2. The topological polar surface area (TPSA) is 42.2 Å². The molecule has 1 aromatic heterocycles. The van der Waals surface area contributed by atoms with E-state index < -0.39 is 0 Å². The number of hydrogen-bond donors (Lipinski definition) is 1. The second-order valence-corrected chi connectivity index (χ2v) is 12.7. The Bertz CT molecular complexity index is 1180. The Labute approximate surface area is 255 Å². The van der Waals surface area contributed by atoms with Gasteiger partial charge in [0, 0.05) is 23.3 Å². The molecular formula is C38H55N2O2+. The van der Waals surface area contributed by atoms with E-state index >= 15 is 0 Å². The predicted molar refractivity (Wildman–Crippen MR) is 176 cm³/mol. The number of rotatable bonds is 19. The lowest BCUT2D eigenvalue weighted by Crippen LogP contribution is -2.33. The van der Waals surface area contributed by atoms with Crippen LogP contribution in [-0.2, 0) is 23.2 Å². The number of aromatic nitrogens is 1. The SMILES string of the molecule is CCCCCCCCCCCCCCOc1c(CC(=O)Nc2ccccc2C[n+]2ccccc2)cccc1C(C)(C)C. The molecule has 1 amide bonds. The number of anilines is 1. The first kappa shape index (κ1) is 33.4. The van der Waals surface area contributed by atoms with E-state index in [1.165, 1.54) is 70.6 Å². The van der Waals surface area contributed by atoms with Crippen LogP contribution in [0.25, 0.3) is 0 Å². The first-order chi connectivity index (χ1) is 20.4. The second kappa shape index (κ2) is 18.4. The molecule has 3 aromatic rings. The van der Waals surface area contributed by atoms with Crippen molar-refractivity contribution in [2.75, 3.05) is 11.9 Å². The van der Waals surface area contributed by atoms with E-state index in [-0.39, 0.29) is 17.7 Å². The molecule has 1 N–H and O–H groups in total. The van der Waals surface area contributed by atoms with Crippen molar-refractivity contribution in [1.82, 2.24) is 0 Å². The van der Waals surface area contributed by atoms with Crippen molar-refractivity contribution in [2.45, 2.75) is 123 Å². The number of unbranched alkanes of at least 4 members (excludes halogenated alkanes) is 11. The highest BCUT2D eigenvalue weighted by molar-refractivity contribution is 5.93. The van der Waals surface area contributed by atoms with Gasteiger partial charge in [-0.3, -0.25) is 4.79 Å². The Morgan fingerprint density at radius 2 is 1.31 bits per heavy atom. The van der Waals surface area contributed by atoms with Crippen molar-refractivity contribution in [1.29, 1.82) is 0 Å². The minimum absolute atomic E-state index is 0.0261. The molecule has 0 spiro atoms. The molecule has 3 rings (SSSR count). The van der Waals surface area contributed by atoms with Gasteiger partial charge >= 0.3 is 0 Å². The van der Waals surface area contributed by atoms with E-state index in [0.717, 1.165) is 34.5 Å². The molecule has 4 nitrogen and oxygen atoms in total. The summed E-state index contributed by atoms with van der Waals surface area (Å²) < 4.78 is 8.57. The van der Waals surface area contributed by atoms with Gasteiger partial charge in [-0.2, -0.15) is 0 Å². The minimum atomic E-state index is -0.0716. The Balaban J connectivity index is 1.51. The maximum Gasteiger partial charge on any atom is 0.228 e. The third-order valence-corrected chi connectivity index (χ3v) is 7.92. The van der Waals surface area contributed by atoms with Gasteiger partial charge in [0.05, 0.1) is 18.7 Å². The van der Waals surface area contributed by atoms with E-state index in [9.17, 15) is 4.79 Å². The predicted octanol–water partition coefficient (Wildman–Crippen LogP) is 9.58. The van der Waals surface area contributed by atoms with Crippen LogP contribution >= 0.6 is 0 Å². The molecule has 1 heterocycles. The number of ether oxygens (including phenoxy) is 1. The maximum atomic E-state index is 13.3. The lowest BCUT2D eigenvalue weighted by atomic mass is 9.84. The van der Waals surface area contributed by atoms with Crippen molar-refractivity contribution in [3.63, 3.8) is 0 Å². The summed E-state index contributed by atoms with van der Waals surface area (Å²) in [6, 6.07) is 20.3. The molecule has 4 heteroatoms. The summed E-state index contributed by atoms with van der Waals surface area (Å²) in [5, 5.41) is 3.17. The largest absolute Gasteiger partial charge is 0.493 e. The number of nitrogens with zero attached hydrogens (tertiary/aromatic N) is 1. The molecule has 42 heavy (non-hydrogen) atoms. The van der Waals surface area contributed by atoms with Crippen molar-refractivity contribution < 1.29 is 14.1 Å². The quantitative estimate of drug-likeness (QED) is 0.115. The van der Waals surface area contributed by atoms with Crippen LogP contribution in [0.4, 0.5) is 5.69 Å². The van der Waals surface area contributed by atoms with Crippen LogP contribution < -0.4 is 14.6 Å². The molecule has 228 valence electrons. The zero-order chi connectivity index (χ0) is 30.0. The minimum Gasteiger partial charge on any atom is -0.493 e. The highest BCUT2D eigenvalue weighted by Gasteiger charge is 2.22. The highest BCUT2D eigenvalue weighted by atomic mass is 16.5. The molecule has 0 unspecified atom stereocenters. The molecule has 0 bridgehead atoms. The van der Waals surface area contributed by atoms with Crippen molar-refractivity contribution in [3.8, 4) is 5.75 Å². The standard InChI is InChI=1S/C38H54N2O2/c1-5-6-7-8-9-10-11-12-13-14-15-21-29-42-37-32(24-22-25-34(37)38(2,3)4)30-36(41)39-35-26-18-17-23-33(35)31-40-27-19-16-20-28-40/h16-20,22-28H,5-15,21,29-31H2,1-4H3/p+1. The van der Waals surface area contributed by atoms with E-state index in [0.29, 0.717) is 13.2 Å². The van der Waals surface area contributed by atoms with Crippen LogP contribution in [0.1, 0.15) is 121 Å². The Hall–Kier alpha value is -3.14. The molecule has 2 aromatic carbocycles. The van der Waals surface area contributed by atoms with E-state index in [1.807, 2.05) is 54.9 Å². The van der Waals surface area contributed by atoms with Gasteiger partial charge in [-0.05, 0) is 23.5 Å². The zero-order valence-corrected chi connectivity index (χ0v) is 26.8. The summed E-state index contributed by atoms with van der Waals surface area (Å²) >= 11 is 0. The Morgan fingerprint density at radius 1 is 0.714 bits per heavy atom. The average Bonchev–Trinajstić information content (AvgIpc) is 2.97. The molecule has 0 saturated carbocycles. The van der Waals surface area contributed by atoms with Gasteiger partial charge in [0.1, 0.15) is 5.75 Å². The first-order valence-electron chi connectivity index (χ1n) is 16.5. The Morgan fingerprint density at radius 3 is 1.95 bits per heavy atom. The Kier molecular flexibility index (Phi) is 14.6. The van der Waals surface area contributed by atoms with Gasteiger partial charge in [-0.15, -0.1) is 0 Å². The normalized spacial score (nSPS) is 11.4. The monoisotopic (exact) mass is 571 g/mol. The van der Waals surface area contributed by atoms with Crippen LogP contribution in [0.15, 0.2) is 73.1 Å². The number of carbonyl (C=O) groups is 1. The molecular weight excluding hydrogens is 516 g/mol. The highest BCUT2D eigenvalue weighted by Crippen LogP contribution is 2.35. The molecule has 0 atom stereocenters. The maximum absolute atomic E-state index is 13.3. The number of pyridine rings is 1. The lowest BCUT2D eigenvalue weighted by molar-refractivity contribution is -0.688. The van der Waals surface area contributed by atoms with Gasteiger partial charge in [0.2, 0.25) is 5.91 Å². The fourth-order valence-corrected chi connectivity index (χ4v) is 5.49.